The lowest BCUT2D eigenvalue weighted by Crippen LogP contribution is -2.08. The van der Waals surface area contributed by atoms with Crippen molar-refractivity contribution in [2.45, 2.75) is 19.2 Å². The molecule has 5 heteroatoms. The van der Waals surface area contributed by atoms with Crippen molar-refractivity contribution in [3.05, 3.63) is 33.3 Å². The van der Waals surface area contributed by atoms with Gasteiger partial charge in [0.05, 0.1) is 18.1 Å². The van der Waals surface area contributed by atoms with Gasteiger partial charge in [0.15, 0.2) is 0 Å². The summed E-state index contributed by atoms with van der Waals surface area (Å²) in [7, 11) is 0. The highest BCUT2D eigenvalue weighted by atomic mass is 35.5. The van der Waals surface area contributed by atoms with Gasteiger partial charge >= 0.3 is 5.97 Å². The third-order valence-electron chi connectivity index (χ3n) is 2.04. The van der Waals surface area contributed by atoms with Crippen molar-refractivity contribution in [1.82, 2.24) is 0 Å². The van der Waals surface area contributed by atoms with Gasteiger partial charge in [0.1, 0.15) is 0 Å². The smallest absolute Gasteiger partial charge is 0.310 e. The molecule has 2 nitrogen and oxygen atoms in total. The summed E-state index contributed by atoms with van der Waals surface area (Å²) in [5.41, 5.74) is 1.33. The Morgan fingerprint density at radius 2 is 2.06 bits per heavy atom. The van der Waals surface area contributed by atoms with E-state index in [1.807, 2.05) is 0 Å². The molecule has 0 saturated heterocycles. The maximum atomic E-state index is 11.3. The number of esters is 1. The number of benzene rings is 1. The Balaban J connectivity index is 2.98. The van der Waals surface area contributed by atoms with Gasteiger partial charge in [-0.25, -0.2) is 0 Å². The van der Waals surface area contributed by atoms with Crippen molar-refractivity contribution in [2.75, 3.05) is 6.61 Å². The second kappa shape index (κ2) is 6.33. The van der Waals surface area contributed by atoms with Crippen LogP contribution in [0.15, 0.2) is 12.1 Å². The van der Waals surface area contributed by atoms with E-state index >= 15 is 0 Å². The molecular formula is C11H11Cl3O2. The Morgan fingerprint density at radius 1 is 1.38 bits per heavy atom. The van der Waals surface area contributed by atoms with Crippen molar-refractivity contribution in [3.8, 4) is 0 Å². The standard InChI is InChI=1S/C11H11Cl3O2/c1-2-16-10(15)5-8-9(13)4-3-7(6-12)11(8)14/h3-4H,2,5-6H2,1H3. The van der Waals surface area contributed by atoms with Gasteiger partial charge in [-0.05, 0) is 18.6 Å². The number of halogens is 3. The highest BCUT2D eigenvalue weighted by Gasteiger charge is 2.14. The highest BCUT2D eigenvalue weighted by Crippen LogP contribution is 2.29. The van der Waals surface area contributed by atoms with Gasteiger partial charge in [-0.15, -0.1) is 11.6 Å². The molecule has 0 fully saturated rings. The summed E-state index contributed by atoms with van der Waals surface area (Å²) in [5, 5.41) is 0.891. The number of ether oxygens (including phenoxy) is 1. The molecule has 0 aliphatic rings. The number of rotatable bonds is 4. The fraction of sp³-hybridized carbons (Fsp3) is 0.364. The molecule has 16 heavy (non-hydrogen) atoms. The van der Waals surface area contributed by atoms with Gasteiger partial charge in [0.2, 0.25) is 0 Å². The van der Waals surface area contributed by atoms with Crippen molar-refractivity contribution >= 4 is 40.8 Å². The average Bonchev–Trinajstić information content (AvgIpc) is 2.25. The number of hydrogen-bond acceptors (Lipinski definition) is 2. The molecule has 0 aromatic heterocycles. The minimum atomic E-state index is -0.349. The zero-order valence-electron chi connectivity index (χ0n) is 8.73. The summed E-state index contributed by atoms with van der Waals surface area (Å²) in [6.45, 7) is 2.08. The summed E-state index contributed by atoms with van der Waals surface area (Å²) in [4.78, 5) is 11.3. The third kappa shape index (κ3) is 3.27. The predicted octanol–water partition coefficient (Wildman–Crippen LogP) is 3.84. The third-order valence-corrected chi connectivity index (χ3v) is 3.15. The van der Waals surface area contributed by atoms with E-state index in [1.165, 1.54) is 0 Å². The Morgan fingerprint density at radius 3 is 2.62 bits per heavy atom. The number of alkyl halides is 1. The molecular weight excluding hydrogens is 270 g/mol. The van der Waals surface area contributed by atoms with Crippen molar-refractivity contribution < 1.29 is 9.53 Å². The van der Waals surface area contributed by atoms with E-state index in [0.29, 0.717) is 22.2 Å². The van der Waals surface area contributed by atoms with Gasteiger partial charge in [0.25, 0.3) is 0 Å². The molecule has 0 aliphatic carbocycles. The molecule has 0 aliphatic heterocycles. The summed E-state index contributed by atoms with van der Waals surface area (Å²) in [5.74, 6) is -0.0655. The fourth-order valence-electron chi connectivity index (χ4n) is 1.27. The lowest BCUT2D eigenvalue weighted by atomic mass is 10.1. The SMILES string of the molecule is CCOC(=O)Cc1c(Cl)ccc(CCl)c1Cl. The monoisotopic (exact) mass is 280 g/mol. The van der Waals surface area contributed by atoms with Crippen LogP contribution in [0.5, 0.6) is 0 Å². The Bertz CT molecular complexity index is 391. The average molecular weight is 282 g/mol. The van der Waals surface area contributed by atoms with Crippen LogP contribution in [0.3, 0.4) is 0 Å². The first-order valence-corrected chi connectivity index (χ1v) is 6.06. The molecule has 0 atom stereocenters. The minimum absolute atomic E-state index is 0.0657. The van der Waals surface area contributed by atoms with Crippen molar-refractivity contribution in [2.24, 2.45) is 0 Å². The maximum Gasteiger partial charge on any atom is 0.310 e. The molecule has 1 aromatic carbocycles. The molecule has 1 rings (SSSR count). The van der Waals surface area contributed by atoms with E-state index in [0.717, 1.165) is 5.56 Å². The van der Waals surface area contributed by atoms with Crippen molar-refractivity contribution in [3.63, 3.8) is 0 Å². The second-order valence-corrected chi connectivity index (χ2v) is 4.17. The Hall–Kier alpha value is -0.440. The molecule has 0 saturated carbocycles. The van der Waals surface area contributed by atoms with E-state index in [9.17, 15) is 4.79 Å². The minimum Gasteiger partial charge on any atom is -0.466 e. The van der Waals surface area contributed by atoms with Crippen LogP contribution in [0.4, 0.5) is 0 Å². The first-order chi connectivity index (χ1) is 7.60. The van der Waals surface area contributed by atoms with Gasteiger partial charge < -0.3 is 4.74 Å². The molecule has 0 bridgehead atoms. The van der Waals surface area contributed by atoms with Crippen LogP contribution in [0.25, 0.3) is 0 Å². The quantitative estimate of drug-likeness (QED) is 0.619. The summed E-state index contributed by atoms with van der Waals surface area (Å²) in [6, 6.07) is 3.42. The molecule has 88 valence electrons. The predicted molar refractivity (Wildman–Crippen MR) is 66.4 cm³/mol. The lowest BCUT2D eigenvalue weighted by molar-refractivity contribution is -0.142. The zero-order chi connectivity index (χ0) is 12.1. The lowest BCUT2D eigenvalue weighted by Gasteiger charge is -2.09. The van der Waals surface area contributed by atoms with Crippen LogP contribution < -0.4 is 0 Å². The van der Waals surface area contributed by atoms with E-state index < -0.39 is 0 Å². The van der Waals surface area contributed by atoms with Crippen molar-refractivity contribution in [1.29, 1.82) is 0 Å². The number of hydrogen-bond donors (Lipinski definition) is 0. The summed E-state index contributed by atoms with van der Waals surface area (Å²) >= 11 is 17.8. The number of carbonyl (C=O) groups is 1. The van der Waals surface area contributed by atoms with E-state index in [4.69, 9.17) is 39.5 Å². The van der Waals surface area contributed by atoms with Gasteiger partial charge in [-0.2, -0.15) is 0 Å². The van der Waals surface area contributed by atoms with E-state index in [-0.39, 0.29) is 18.3 Å². The zero-order valence-corrected chi connectivity index (χ0v) is 11.0. The molecule has 0 radical (unpaired) electrons. The normalized spacial score (nSPS) is 10.2. The molecule has 0 heterocycles. The molecule has 0 unspecified atom stereocenters. The fourth-order valence-corrected chi connectivity index (χ4v) is 2.13. The molecule has 1 aromatic rings. The second-order valence-electron chi connectivity index (χ2n) is 3.11. The maximum absolute atomic E-state index is 11.3. The Labute approximate surface area is 109 Å². The molecule has 0 amide bonds. The highest BCUT2D eigenvalue weighted by molar-refractivity contribution is 6.37. The van der Waals surface area contributed by atoms with E-state index in [2.05, 4.69) is 0 Å². The van der Waals surface area contributed by atoms with Gasteiger partial charge in [-0.3, -0.25) is 4.79 Å². The van der Waals surface area contributed by atoms with Crippen LogP contribution in [0.1, 0.15) is 18.1 Å². The van der Waals surface area contributed by atoms with Crippen LogP contribution in [0.2, 0.25) is 10.0 Å². The number of carbonyl (C=O) groups excluding carboxylic acids is 1. The first kappa shape index (κ1) is 13.6. The van der Waals surface area contributed by atoms with E-state index in [1.54, 1.807) is 19.1 Å². The van der Waals surface area contributed by atoms with Crippen LogP contribution in [-0.4, -0.2) is 12.6 Å². The largest absolute Gasteiger partial charge is 0.466 e. The molecule has 0 N–H and O–H groups in total. The van der Waals surface area contributed by atoms with Crippen LogP contribution in [-0.2, 0) is 21.8 Å². The molecule has 0 spiro atoms. The first-order valence-electron chi connectivity index (χ1n) is 4.77. The van der Waals surface area contributed by atoms with Crippen LogP contribution in [0, 0.1) is 0 Å². The van der Waals surface area contributed by atoms with Gasteiger partial charge in [0, 0.05) is 16.5 Å². The summed E-state index contributed by atoms with van der Waals surface area (Å²) in [6.07, 6.45) is 0.0657. The Kier molecular flexibility index (Phi) is 5.39. The topological polar surface area (TPSA) is 26.3 Å². The van der Waals surface area contributed by atoms with Gasteiger partial charge in [-0.1, -0.05) is 29.3 Å². The van der Waals surface area contributed by atoms with Crippen LogP contribution >= 0.6 is 34.8 Å². The summed E-state index contributed by atoms with van der Waals surface area (Å²) < 4.78 is 4.84.